The minimum Gasteiger partial charge on any atom is -0.407 e. The van der Waals surface area contributed by atoms with Crippen LogP contribution < -0.4 is 10.4 Å². The first kappa shape index (κ1) is 28.8. The maximum absolute atomic E-state index is 10.1. The number of rotatable bonds is 16. The van der Waals surface area contributed by atoms with E-state index in [0.717, 1.165) is 38.7 Å². The maximum Gasteiger partial charge on any atom is 0.261 e. The predicted molar refractivity (Wildman–Crippen MR) is 151 cm³/mol. The third kappa shape index (κ3) is 8.98. The second-order valence-electron chi connectivity index (χ2n) is 11.4. The quantitative estimate of drug-likeness (QED) is 0.198. The molecule has 0 amide bonds. The number of benzene rings is 2. The van der Waals surface area contributed by atoms with Gasteiger partial charge in [-0.3, -0.25) is 0 Å². The molecule has 0 fully saturated rings. The van der Waals surface area contributed by atoms with Gasteiger partial charge in [-0.2, -0.15) is 0 Å². The molecule has 0 radical (unpaired) electrons. The van der Waals surface area contributed by atoms with Gasteiger partial charge in [-0.1, -0.05) is 134 Å². The maximum atomic E-state index is 10.1. The number of hydrogen-bond donors (Lipinski definition) is 1. The van der Waals surface area contributed by atoms with Gasteiger partial charge in [-0.25, -0.2) is 0 Å². The van der Waals surface area contributed by atoms with Gasteiger partial charge in [0.15, 0.2) is 0 Å². The molecule has 2 rings (SSSR count). The van der Waals surface area contributed by atoms with Crippen LogP contribution in [-0.4, -0.2) is 26.1 Å². The third-order valence-corrected chi connectivity index (χ3v) is 12.0. The largest absolute Gasteiger partial charge is 0.407 e. The van der Waals surface area contributed by atoms with Crippen LogP contribution in [0.25, 0.3) is 0 Å². The summed E-state index contributed by atoms with van der Waals surface area (Å²) < 4.78 is 6.99. The summed E-state index contributed by atoms with van der Waals surface area (Å²) in [5, 5.41) is 12.9. The predicted octanol–water partition coefficient (Wildman–Crippen LogP) is 7.48. The molecule has 2 aromatic rings. The molecular weight excluding hydrogens is 432 g/mol. The standard InChI is InChI=1S/C31H50O2Si/c1-27(2)24-25-28(32)19-13-9-7-6-8-10-18-26-33-34(31(3,4)5,29-20-14-11-15-21-29)30-22-16-12-17-23-30/h11-12,14-17,20-23,27-28,32H,6-10,13,18-19,24-26H2,1-5H3. The zero-order valence-electron chi connectivity index (χ0n) is 22.6. The van der Waals surface area contributed by atoms with Gasteiger partial charge in [0.2, 0.25) is 0 Å². The second-order valence-corrected chi connectivity index (χ2v) is 15.7. The first-order valence-electron chi connectivity index (χ1n) is 13.7. The Balaban J connectivity index is 1.79. The van der Waals surface area contributed by atoms with Crippen LogP contribution in [0.5, 0.6) is 0 Å². The molecular formula is C31H50O2Si. The van der Waals surface area contributed by atoms with Crippen LogP contribution in [0.2, 0.25) is 5.04 Å². The van der Waals surface area contributed by atoms with Crippen LogP contribution in [0, 0.1) is 5.92 Å². The Labute approximate surface area is 211 Å². The lowest BCUT2D eigenvalue weighted by atomic mass is 10.0. The van der Waals surface area contributed by atoms with Crippen molar-refractivity contribution in [1.29, 1.82) is 0 Å². The summed E-state index contributed by atoms with van der Waals surface area (Å²) in [5.74, 6) is 0.690. The van der Waals surface area contributed by atoms with Gasteiger partial charge in [-0.05, 0) is 47.0 Å². The topological polar surface area (TPSA) is 29.5 Å². The van der Waals surface area contributed by atoms with E-state index in [1.165, 1.54) is 42.5 Å². The summed E-state index contributed by atoms with van der Waals surface area (Å²) in [6.45, 7) is 12.3. The number of unbranched alkanes of at least 4 members (excludes halogenated alkanes) is 6. The van der Waals surface area contributed by atoms with E-state index in [2.05, 4.69) is 95.3 Å². The average Bonchev–Trinajstić information content (AvgIpc) is 2.81. The lowest BCUT2D eigenvalue weighted by molar-refractivity contribution is 0.143. The van der Waals surface area contributed by atoms with E-state index in [1.54, 1.807) is 0 Å². The number of hydrogen-bond acceptors (Lipinski definition) is 2. The van der Waals surface area contributed by atoms with Crippen molar-refractivity contribution in [1.82, 2.24) is 0 Å². The SMILES string of the molecule is CC(C)CCC(O)CCCCCCCCCO[Si](c1ccccc1)(c1ccccc1)C(C)(C)C. The lowest BCUT2D eigenvalue weighted by Crippen LogP contribution is -2.66. The molecule has 0 aliphatic carbocycles. The van der Waals surface area contributed by atoms with Gasteiger partial charge in [0.05, 0.1) is 6.10 Å². The molecule has 3 heteroatoms. The van der Waals surface area contributed by atoms with E-state index in [-0.39, 0.29) is 11.1 Å². The Morgan fingerprint density at radius 3 is 1.62 bits per heavy atom. The monoisotopic (exact) mass is 482 g/mol. The van der Waals surface area contributed by atoms with E-state index >= 15 is 0 Å². The van der Waals surface area contributed by atoms with E-state index < -0.39 is 8.32 Å². The van der Waals surface area contributed by atoms with Crippen LogP contribution >= 0.6 is 0 Å². The molecule has 1 N–H and O–H groups in total. The zero-order chi connectivity index (χ0) is 24.9. The highest BCUT2D eigenvalue weighted by molar-refractivity contribution is 6.99. The van der Waals surface area contributed by atoms with Crippen molar-refractivity contribution in [2.75, 3.05) is 6.61 Å². The minimum absolute atomic E-state index is 0.0510. The minimum atomic E-state index is -2.38. The first-order valence-corrected chi connectivity index (χ1v) is 15.6. The molecule has 0 saturated carbocycles. The fraction of sp³-hybridized carbons (Fsp3) is 0.613. The van der Waals surface area contributed by atoms with Crippen molar-refractivity contribution in [2.24, 2.45) is 5.92 Å². The summed E-state index contributed by atoms with van der Waals surface area (Å²) in [7, 11) is -2.38. The molecule has 34 heavy (non-hydrogen) atoms. The molecule has 0 bridgehead atoms. The Kier molecular flexibility index (Phi) is 12.6. The van der Waals surface area contributed by atoms with Gasteiger partial charge >= 0.3 is 0 Å². The Bertz CT molecular complexity index is 728. The Morgan fingerprint density at radius 2 is 1.15 bits per heavy atom. The smallest absolute Gasteiger partial charge is 0.261 e. The van der Waals surface area contributed by atoms with E-state index in [0.29, 0.717) is 5.92 Å². The van der Waals surface area contributed by atoms with Gasteiger partial charge < -0.3 is 9.53 Å². The highest BCUT2D eigenvalue weighted by Gasteiger charge is 2.49. The van der Waals surface area contributed by atoms with Gasteiger partial charge in [-0.15, -0.1) is 0 Å². The summed E-state index contributed by atoms with van der Waals surface area (Å²) in [5.41, 5.74) is 0. The molecule has 1 atom stereocenters. The van der Waals surface area contributed by atoms with Crippen molar-refractivity contribution < 1.29 is 9.53 Å². The van der Waals surface area contributed by atoms with E-state index in [4.69, 9.17) is 4.43 Å². The average molecular weight is 483 g/mol. The van der Waals surface area contributed by atoms with Gasteiger partial charge in [0.1, 0.15) is 0 Å². The summed E-state index contributed by atoms with van der Waals surface area (Å²) in [6, 6.07) is 21.9. The van der Waals surface area contributed by atoms with Crippen LogP contribution in [-0.2, 0) is 4.43 Å². The highest BCUT2D eigenvalue weighted by atomic mass is 28.4. The molecule has 2 aromatic carbocycles. The van der Waals surface area contributed by atoms with Crippen molar-refractivity contribution in [3.8, 4) is 0 Å². The number of aliphatic hydroxyl groups is 1. The van der Waals surface area contributed by atoms with Crippen molar-refractivity contribution >= 4 is 18.7 Å². The molecule has 0 spiro atoms. The zero-order valence-corrected chi connectivity index (χ0v) is 23.6. The van der Waals surface area contributed by atoms with Crippen molar-refractivity contribution in [3.05, 3.63) is 60.7 Å². The third-order valence-electron chi connectivity index (χ3n) is 6.99. The Hall–Kier alpha value is -1.42. The molecule has 1 unspecified atom stereocenters. The van der Waals surface area contributed by atoms with Crippen LogP contribution in [0.15, 0.2) is 60.7 Å². The lowest BCUT2D eigenvalue weighted by Gasteiger charge is -2.43. The molecule has 2 nitrogen and oxygen atoms in total. The molecule has 0 aliphatic heterocycles. The number of aliphatic hydroxyl groups excluding tert-OH is 1. The van der Waals surface area contributed by atoms with E-state index in [9.17, 15) is 5.11 Å². The fourth-order valence-corrected chi connectivity index (χ4v) is 9.63. The summed E-state index contributed by atoms with van der Waals surface area (Å²) >= 11 is 0. The van der Waals surface area contributed by atoms with Crippen LogP contribution in [0.1, 0.15) is 98.8 Å². The summed E-state index contributed by atoms with van der Waals surface area (Å²) in [6.07, 6.45) is 11.6. The molecule has 0 aliphatic rings. The first-order chi connectivity index (χ1) is 16.3. The Morgan fingerprint density at radius 1 is 0.676 bits per heavy atom. The molecule has 0 saturated heterocycles. The summed E-state index contributed by atoms with van der Waals surface area (Å²) in [4.78, 5) is 0. The molecule has 0 heterocycles. The highest BCUT2D eigenvalue weighted by Crippen LogP contribution is 2.36. The molecule has 0 aromatic heterocycles. The van der Waals surface area contributed by atoms with Gasteiger partial charge in [0.25, 0.3) is 8.32 Å². The molecule has 190 valence electrons. The van der Waals surface area contributed by atoms with Crippen molar-refractivity contribution in [2.45, 2.75) is 110 Å². The van der Waals surface area contributed by atoms with Crippen LogP contribution in [0.3, 0.4) is 0 Å². The van der Waals surface area contributed by atoms with Gasteiger partial charge in [0, 0.05) is 6.61 Å². The second kappa shape index (κ2) is 14.9. The van der Waals surface area contributed by atoms with Crippen molar-refractivity contribution in [3.63, 3.8) is 0 Å². The normalized spacial score (nSPS) is 13.4. The van der Waals surface area contributed by atoms with E-state index in [1.807, 2.05) is 0 Å². The fourth-order valence-electron chi connectivity index (χ4n) is 5.02. The van der Waals surface area contributed by atoms with Crippen LogP contribution in [0.4, 0.5) is 0 Å².